The van der Waals surface area contributed by atoms with Crippen LogP contribution in [0, 0.1) is 5.82 Å². The molecule has 0 bridgehead atoms. The molecule has 124 valence electrons. The fraction of sp³-hybridized carbons (Fsp3) is 0.118. The first-order valence-electron chi connectivity index (χ1n) is 6.97. The van der Waals surface area contributed by atoms with Crippen LogP contribution in [0.2, 0.25) is 15.1 Å². The van der Waals surface area contributed by atoms with Gasteiger partial charge in [-0.25, -0.2) is 9.37 Å². The lowest BCUT2D eigenvalue weighted by Crippen LogP contribution is -1.91. The van der Waals surface area contributed by atoms with Gasteiger partial charge in [-0.15, -0.1) is 23.1 Å². The predicted octanol–water partition coefficient (Wildman–Crippen LogP) is 7.13. The van der Waals surface area contributed by atoms with Crippen LogP contribution in [0.25, 0.3) is 0 Å². The number of nitrogens with zero attached hydrogens (tertiary/aromatic N) is 1. The van der Waals surface area contributed by atoms with Gasteiger partial charge in [-0.05, 0) is 29.8 Å². The average molecular weight is 419 g/mol. The third-order valence-electron chi connectivity index (χ3n) is 3.24. The smallest absolute Gasteiger partial charge is 0.124 e. The van der Waals surface area contributed by atoms with E-state index in [2.05, 4.69) is 4.98 Å². The van der Waals surface area contributed by atoms with Crippen molar-refractivity contribution in [2.24, 2.45) is 0 Å². The van der Waals surface area contributed by atoms with Gasteiger partial charge in [-0.3, -0.25) is 0 Å². The van der Waals surface area contributed by atoms with E-state index in [4.69, 9.17) is 34.8 Å². The summed E-state index contributed by atoms with van der Waals surface area (Å²) in [6, 6.07) is 9.88. The molecular formula is C17H11Cl3FNS2. The van der Waals surface area contributed by atoms with Crippen molar-refractivity contribution >= 4 is 57.9 Å². The maximum absolute atomic E-state index is 13.1. The van der Waals surface area contributed by atoms with E-state index >= 15 is 0 Å². The highest BCUT2D eigenvalue weighted by atomic mass is 35.5. The number of hydrogen-bond acceptors (Lipinski definition) is 3. The summed E-state index contributed by atoms with van der Waals surface area (Å²) in [7, 11) is 0. The molecule has 0 fully saturated rings. The fourth-order valence-electron chi connectivity index (χ4n) is 2.09. The first-order chi connectivity index (χ1) is 11.5. The van der Waals surface area contributed by atoms with Crippen LogP contribution in [0.3, 0.4) is 0 Å². The van der Waals surface area contributed by atoms with E-state index in [0.29, 0.717) is 27.2 Å². The molecule has 0 radical (unpaired) electrons. The molecule has 0 aliphatic rings. The quantitative estimate of drug-likeness (QED) is 0.409. The molecule has 7 heteroatoms. The molecule has 1 heterocycles. The van der Waals surface area contributed by atoms with Crippen LogP contribution in [0.5, 0.6) is 0 Å². The van der Waals surface area contributed by atoms with Crippen LogP contribution in [0.15, 0.2) is 46.7 Å². The Morgan fingerprint density at radius 3 is 2.50 bits per heavy atom. The van der Waals surface area contributed by atoms with E-state index in [1.165, 1.54) is 12.1 Å². The Morgan fingerprint density at radius 2 is 1.79 bits per heavy atom. The molecule has 2 aromatic carbocycles. The highest BCUT2D eigenvalue weighted by molar-refractivity contribution is 7.98. The number of hydrogen-bond donors (Lipinski definition) is 0. The van der Waals surface area contributed by atoms with Crippen molar-refractivity contribution in [2.75, 3.05) is 0 Å². The zero-order valence-corrected chi connectivity index (χ0v) is 16.1. The molecule has 0 atom stereocenters. The van der Waals surface area contributed by atoms with Gasteiger partial charge in [0.2, 0.25) is 0 Å². The lowest BCUT2D eigenvalue weighted by atomic mass is 10.1. The molecule has 0 saturated heterocycles. The minimum Gasteiger partial charge on any atom is -0.245 e. The summed E-state index contributed by atoms with van der Waals surface area (Å²) in [6.07, 6.45) is 0.585. The molecular weight excluding hydrogens is 408 g/mol. The van der Waals surface area contributed by atoms with E-state index in [0.717, 1.165) is 21.2 Å². The normalized spacial score (nSPS) is 11.0. The lowest BCUT2D eigenvalue weighted by molar-refractivity contribution is 0.627. The second kappa shape index (κ2) is 8.07. The number of thiazole rings is 1. The summed E-state index contributed by atoms with van der Waals surface area (Å²) in [5.41, 5.74) is 1.81. The van der Waals surface area contributed by atoms with E-state index in [9.17, 15) is 4.39 Å². The maximum atomic E-state index is 13.1. The molecule has 1 nitrogen and oxygen atoms in total. The van der Waals surface area contributed by atoms with Gasteiger partial charge >= 0.3 is 0 Å². The number of aromatic nitrogens is 1. The van der Waals surface area contributed by atoms with Crippen molar-refractivity contribution in [3.63, 3.8) is 0 Å². The van der Waals surface area contributed by atoms with Crippen molar-refractivity contribution in [3.8, 4) is 0 Å². The molecule has 0 saturated carbocycles. The van der Waals surface area contributed by atoms with Gasteiger partial charge in [0.15, 0.2) is 0 Å². The summed E-state index contributed by atoms with van der Waals surface area (Å²) in [4.78, 5) is 5.46. The van der Waals surface area contributed by atoms with Crippen LogP contribution in [0.1, 0.15) is 16.3 Å². The Labute approximate surface area is 162 Å². The van der Waals surface area contributed by atoms with Crippen LogP contribution in [-0.2, 0) is 12.2 Å². The molecule has 0 spiro atoms. The van der Waals surface area contributed by atoms with Crippen molar-refractivity contribution in [1.82, 2.24) is 4.98 Å². The number of halogens is 4. The summed E-state index contributed by atoms with van der Waals surface area (Å²) in [6.45, 7) is 0. The molecule has 3 rings (SSSR count). The van der Waals surface area contributed by atoms with Crippen molar-refractivity contribution in [2.45, 2.75) is 17.1 Å². The van der Waals surface area contributed by atoms with E-state index in [-0.39, 0.29) is 5.82 Å². The molecule has 0 amide bonds. The Morgan fingerprint density at radius 1 is 1.04 bits per heavy atom. The highest BCUT2D eigenvalue weighted by Crippen LogP contribution is 2.36. The van der Waals surface area contributed by atoms with E-state index < -0.39 is 0 Å². The van der Waals surface area contributed by atoms with E-state index in [1.807, 2.05) is 23.6 Å². The minimum absolute atomic E-state index is 0.336. The summed E-state index contributed by atoms with van der Waals surface area (Å²) < 4.78 is 13.1. The van der Waals surface area contributed by atoms with Crippen LogP contribution >= 0.6 is 57.9 Å². The fourth-order valence-corrected chi connectivity index (χ4v) is 4.82. The SMILES string of the molecule is Fc1ccc(Cc2nc(CSc3c(Cl)cccc3Cl)cs2)c(Cl)c1. The third-order valence-corrected chi connectivity index (χ3v) is 6.51. The lowest BCUT2D eigenvalue weighted by Gasteiger charge is -2.05. The Balaban J connectivity index is 1.67. The molecule has 0 aliphatic carbocycles. The Bertz CT molecular complexity index is 847. The number of thioether (sulfide) groups is 1. The molecule has 24 heavy (non-hydrogen) atoms. The standard InChI is InChI=1S/C17H11Cl3FNS2/c18-13-2-1-3-14(19)17(13)24-9-12-8-23-16(22-12)6-10-4-5-11(21)7-15(10)20/h1-5,7-8H,6,9H2. The average Bonchev–Trinajstić information content (AvgIpc) is 2.97. The van der Waals surface area contributed by atoms with Crippen LogP contribution < -0.4 is 0 Å². The topological polar surface area (TPSA) is 12.9 Å². The zero-order chi connectivity index (χ0) is 17.1. The van der Waals surface area contributed by atoms with Crippen molar-refractivity contribution in [1.29, 1.82) is 0 Å². The Hall–Kier alpha value is -0.780. The molecule has 0 unspecified atom stereocenters. The van der Waals surface area contributed by atoms with Gasteiger partial charge < -0.3 is 0 Å². The van der Waals surface area contributed by atoms with Crippen molar-refractivity contribution < 1.29 is 4.39 Å². The van der Waals surface area contributed by atoms with Crippen molar-refractivity contribution in [3.05, 3.63) is 78.9 Å². The highest BCUT2D eigenvalue weighted by Gasteiger charge is 2.10. The number of benzene rings is 2. The molecule has 0 aliphatic heterocycles. The Kier molecular flexibility index (Phi) is 6.06. The maximum Gasteiger partial charge on any atom is 0.124 e. The second-order valence-corrected chi connectivity index (χ2v) is 8.13. The molecule has 1 aromatic heterocycles. The van der Waals surface area contributed by atoms with Crippen LogP contribution in [0.4, 0.5) is 4.39 Å². The van der Waals surface area contributed by atoms with E-state index in [1.54, 1.807) is 29.2 Å². The van der Waals surface area contributed by atoms with Gasteiger partial charge in [-0.2, -0.15) is 0 Å². The largest absolute Gasteiger partial charge is 0.245 e. The van der Waals surface area contributed by atoms with Gasteiger partial charge in [0.05, 0.1) is 20.7 Å². The minimum atomic E-state index is -0.336. The molecule has 0 N–H and O–H groups in total. The third kappa shape index (κ3) is 4.44. The van der Waals surface area contributed by atoms with Gasteiger partial charge in [-0.1, -0.05) is 46.9 Å². The van der Waals surface area contributed by atoms with Gasteiger partial charge in [0.1, 0.15) is 5.82 Å². The molecule has 3 aromatic rings. The second-order valence-electron chi connectivity index (χ2n) is 4.98. The zero-order valence-electron chi connectivity index (χ0n) is 12.2. The van der Waals surface area contributed by atoms with Crippen LogP contribution in [-0.4, -0.2) is 4.98 Å². The van der Waals surface area contributed by atoms with Gasteiger partial charge in [0.25, 0.3) is 0 Å². The first-order valence-corrected chi connectivity index (χ1v) is 9.97. The monoisotopic (exact) mass is 417 g/mol. The summed E-state index contributed by atoms with van der Waals surface area (Å²) in [5, 5.41) is 4.64. The first kappa shape index (κ1) is 18.0. The summed E-state index contributed by atoms with van der Waals surface area (Å²) >= 11 is 21.5. The predicted molar refractivity (Wildman–Crippen MR) is 102 cm³/mol. The summed E-state index contributed by atoms with van der Waals surface area (Å²) in [5.74, 6) is 0.341. The number of rotatable bonds is 5. The van der Waals surface area contributed by atoms with Gasteiger partial charge in [0, 0.05) is 27.5 Å².